The van der Waals surface area contributed by atoms with Crippen molar-refractivity contribution >= 4 is 17.9 Å². The summed E-state index contributed by atoms with van der Waals surface area (Å²) in [6.07, 6.45) is 1.57. The molecule has 1 aromatic carbocycles. The number of thioether (sulfide) groups is 1. The summed E-state index contributed by atoms with van der Waals surface area (Å²) in [7, 11) is 0. The van der Waals surface area contributed by atoms with E-state index in [1.807, 2.05) is 51.3 Å². The molecular formula is C15H19NO2S. The standard InChI is InChI=1S/C15H19NO2S/c1-15(2,3)18-14(17)16-11-7-9-12-8-5-6-10-13(12)19-4/h5-6,8,10H,11H2,1-4H3,(H,16,17). The van der Waals surface area contributed by atoms with E-state index in [-0.39, 0.29) is 6.54 Å². The van der Waals surface area contributed by atoms with Gasteiger partial charge in [-0.1, -0.05) is 24.0 Å². The maximum atomic E-state index is 11.4. The molecule has 0 heterocycles. The van der Waals surface area contributed by atoms with Crippen LogP contribution < -0.4 is 5.32 Å². The van der Waals surface area contributed by atoms with E-state index in [4.69, 9.17) is 4.74 Å². The van der Waals surface area contributed by atoms with Gasteiger partial charge in [0.25, 0.3) is 0 Å². The van der Waals surface area contributed by atoms with Gasteiger partial charge >= 0.3 is 6.09 Å². The second-order valence-corrected chi connectivity index (χ2v) is 5.71. The third-order valence-electron chi connectivity index (χ3n) is 2.05. The normalized spacial score (nSPS) is 10.3. The number of carbonyl (C=O) groups excluding carboxylic acids is 1. The van der Waals surface area contributed by atoms with Crippen LogP contribution in [0.25, 0.3) is 0 Å². The average molecular weight is 277 g/mol. The molecule has 0 fully saturated rings. The van der Waals surface area contributed by atoms with Gasteiger partial charge in [0.1, 0.15) is 5.60 Å². The molecule has 0 aliphatic rings. The quantitative estimate of drug-likeness (QED) is 0.666. The van der Waals surface area contributed by atoms with E-state index in [2.05, 4.69) is 17.2 Å². The molecule has 0 saturated carbocycles. The first-order chi connectivity index (χ1) is 8.92. The van der Waals surface area contributed by atoms with Crippen LogP contribution in [-0.4, -0.2) is 24.5 Å². The second kappa shape index (κ2) is 7.10. The number of ether oxygens (including phenoxy) is 1. The highest BCUT2D eigenvalue weighted by Gasteiger charge is 2.14. The molecule has 19 heavy (non-hydrogen) atoms. The summed E-state index contributed by atoms with van der Waals surface area (Å²) in [6, 6.07) is 7.92. The van der Waals surface area contributed by atoms with E-state index in [1.54, 1.807) is 11.8 Å². The molecule has 0 aliphatic carbocycles. The van der Waals surface area contributed by atoms with Gasteiger partial charge in [-0.3, -0.25) is 0 Å². The summed E-state index contributed by atoms with van der Waals surface area (Å²) in [6.45, 7) is 5.75. The lowest BCUT2D eigenvalue weighted by atomic mass is 10.2. The van der Waals surface area contributed by atoms with Crippen LogP contribution in [0.4, 0.5) is 4.79 Å². The zero-order valence-corrected chi connectivity index (χ0v) is 12.6. The van der Waals surface area contributed by atoms with E-state index in [1.165, 1.54) is 0 Å². The van der Waals surface area contributed by atoms with Crippen LogP contribution in [0.15, 0.2) is 29.2 Å². The van der Waals surface area contributed by atoms with E-state index in [9.17, 15) is 4.79 Å². The van der Waals surface area contributed by atoms with E-state index < -0.39 is 11.7 Å². The first-order valence-electron chi connectivity index (χ1n) is 6.01. The highest BCUT2D eigenvalue weighted by Crippen LogP contribution is 2.18. The lowest BCUT2D eigenvalue weighted by Crippen LogP contribution is -2.32. The van der Waals surface area contributed by atoms with Crippen molar-refractivity contribution in [2.45, 2.75) is 31.3 Å². The minimum atomic E-state index is -0.483. The van der Waals surface area contributed by atoms with Crippen molar-refractivity contribution in [1.82, 2.24) is 5.32 Å². The van der Waals surface area contributed by atoms with Gasteiger partial charge in [-0.15, -0.1) is 11.8 Å². The Morgan fingerprint density at radius 3 is 2.68 bits per heavy atom. The molecule has 1 N–H and O–H groups in total. The molecular weight excluding hydrogens is 258 g/mol. The van der Waals surface area contributed by atoms with E-state index >= 15 is 0 Å². The summed E-state index contributed by atoms with van der Waals surface area (Å²) < 4.78 is 5.11. The number of rotatable bonds is 2. The smallest absolute Gasteiger partial charge is 0.408 e. The lowest BCUT2D eigenvalue weighted by Gasteiger charge is -2.19. The fourth-order valence-corrected chi connectivity index (χ4v) is 1.87. The van der Waals surface area contributed by atoms with Crippen molar-refractivity contribution in [3.63, 3.8) is 0 Å². The van der Waals surface area contributed by atoms with E-state index in [0.717, 1.165) is 10.5 Å². The molecule has 0 atom stereocenters. The van der Waals surface area contributed by atoms with Crippen LogP contribution in [0.3, 0.4) is 0 Å². The van der Waals surface area contributed by atoms with Crippen molar-refractivity contribution in [3.05, 3.63) is 29.8 Å². The number of amides is 1. The van der Waals surface area contributed by atoms with Crippen molar-refractivity contribution in [2.24, 2.45) is 0 Å². The summed E-state index contributed by atoms with van der Waals surface area (Å²) in [4.78, 5) is 12.5. The van der Waals surface area contributed by atoms with Gasteiger partial charge in [0, 0.05) is 10.5 Å². The van der Waals surface area contributed by atoms with Gasteiger partial charge in [-0.25, -0.2) is 4.79 Å². The molecule has 1 aromatic rings. The Morgan fingerprint density at radius 1 is 1.37 bits per heavy atom. The molecule has 4 heteroatoms. The summed E-state index contributed by atoms with van der Waals surface area (Å²) in [5.74, 6) is 5.96. The third kappa shape index (κ3) is 6.21. The Labute approximate surface area is 119 Å². The Bertz CT molecular complexity index is 495. The Hall–Kier alpha value is -1.60. The SMILES string of the molecule is CSc1ccccc1C#CCNC(=O)OC(C)(C)C. The van der Waals surface area contributed by atoms with Gasteiger partial charge in [-0.05, 0) is 39.2 Å². The zero-order chi connectivity index (χ0) is 14.3. The van der Waals surface area contributed by atoms with Crippen LogP contribution in [0.1, 0.15) is 26.3 Å². The molecule has 3 nitrogen and oxygen atoms in total. The topological polar surface area (TPSA) is 38.3 Å². The molecule has 0 radical (unpaired) electrons. The van der Waals surface area contributed by atoms with Crippen molar-refractivity contribution in [3.8, 4) is 11.8 Å². The van der Waals surface area contributed by atoms with Gasteiger partial charge < -0.3 is 10.1 Å². The molecule has 0 spiro atoms. The predicted molar refractivity (Wildman–Crippen MR) is 79.3 cm³/mol. The molecule has 0 unspecified atom stereocenters. The maximum Gasteiger partial charge on any atom is 0.408 e. The molecule has 1 rings (SSSR count). The first kappa shape index (κ1) is 15.5. The number of nitrogens with one attached hydrogen (secondary N) is 1. The van der Waals surface area contributed by atoms with Gasteiger partial charge in [0.2, 0.25) is 0 Å². The number of alkyl carbamates (subject to hydrolysis) is 1. The summed E-state index contributed by atoms with van der Waals surface area (Å²) in [5.41, 5.74) is 0.490. The van der Waals surface area contributed by atoms with Gasteiger partial charge in [-0.2, -0.15) is 0 Å². The van der Waals surface area contributed by atoms with Crippen LogP contribution >= 0.6 is 11.8 Å². The fraction of sp³-hybridized carbons (Fsp3) is 0.400. The zero-order valence-electron chi connectivity index (χ0n) is 11.7. The van der Waals surface area contributed by atoms with Gasteiger partial charge in [0.05, 0.1) is 6.54 Å². The number of benzene rings is 1. The molecule has 0 saturated heterocycles. The molecule has 102 valence electrons. The number of hydrogen-bond donors (Lipinski definition) is 1. The molecule has 1 amide bonds. The summed E-state index contributed by atoms with van der Waals surface area (Å²) in [5, 5.41) is 2.61. The second-order valence-electron chi connectivity index (χ2n) is 4.86. The van der Waals surface area contributed by atoms with E-state index in [0.29, 0.717) is 0 Å². The minimum Gasteiger partial charge on any atom is -0.444 e. The van der Waals surface area contributed by atoms with Crippen LogP contribution in [0.5, 0.6) is 0 Å². The third-order valence-corrected chi connectivity index (χ3v) is 2.85. The van der Waals surface area contributed by atoms with Crippen LogP contribution in [0, 0.1) is 11.8 Å². The molecule has 0 aliphatic heterocycles. The first-order valence-corrected chi connectivity index (χ1v) is 7.23. The van der Waals surface area contributed by atoms with Crippen molar-refractivity contribution < 1.29 is 9.53 Å². The molecule has 0 bridgehead atoms. The molecule has 0 aromatic heterocycles. The van der Waals surface area contributed by atoms with Crippen LogP contribution in [-0.2, 0) is 4.74 Å². The number of hydrogen-bond acceptors (Lipinski definition) is 3. The Kier molecular flexibility index (Phi) is 5.78. The van der Waals surface area contributed by atoms with Crippen molar-refractivity contribution in [2.75, 3.05) is 12.8 Å². The highest BCUT2D eigenvalue weighted by molar-refractivity contribution is 7.98. The average Bonchev–Trinajstić information content (AvgIpc) is 2.33. The summed E-state index contributed by atoms with van der Waals surface area (Å²) >= 11 is 1.65. The predicted octanol–water partition coefficient (Wildman–Crippen LogP) is 3.28. The monoisotopic (exact) mass is 277 g/mol. The largest absolute Gasteiger partial charge is 0.444 e. The lowest BCUT2D eigenvalue weighted by molar-refractivity contribution is 0.0535. The minimum absolute atomic E-state index is 0.275. The Morgan fingerprint density at radius 2 is 2.05 bits per heavy atom. The Balaban J connectivity index is 2.50. The maximum absolute atomic E-state index is 11.4. The van der Waals surface area contributed by atoms with Gasteiger partial charge in [0.15, 0.2) is 0 Å². The van der Waals surface area contributed by atoms with Crippen molar-refractivity contribution in [1.29, 1.82) is 0 Å². The highest BCUT2D eigenvalue weighted by atomic mass is 32.2. The number of carbonyl (C=O) groups is 1. The fourth-order valence-electron chi connectivity index (χ4n) is 1.32. The van der Waals surface area contributed by atoms with Crippen LogP contribution in [0.2, 0.25) is 0 Å².